The molecule has 0 saturated heterocycles. The Morgan fingerprint density at radius 1 is 1.64 bits per heavy atom. The van der Waals surface area contributed by atoms with E-state index in [2.05, 4.69) is 9.72 Å². The maximum Gasteiger partial charge on any atom is 0.330 e. The Kier molecular flexibility index (Phi) is 3.65. The largest absolute Gasteiger partial charge is 0.466 e. The van der Waals surface area contributed by atoms with Crippen LogP contribution in [0.2, 0.25) is 5.15 Å². The molecule has 14 heavy (non-hydrogen) atoms. The molecule has 0 spiro atoms. The maximum atomic E-state index is 10.8. The normalized spacial score (nSPS) is 10.5. The summed E-state index contributed by atoms with van der Waals surface area (Å²) >= 11 is 5.81. The van der Waals surface area contributed by atoms with Crippen LogP contribution in [-0.2, 0) is 9.53 Å². The van der Waals surface area contributed by atoms with Crippen LogP contribution in [0.15, 0.2) is 18.3 Å². The molecule has 0 atom stereocenters. The summed E-state index contributed by atoms with van der Waals surface area (Å²) < 4.78 is 4.45. The molecule has 0 radical (unpaired) electrons. The van der Waals surface area contributed by atoms with Crippen LogP contribution in [0.3, 0.4) is 0 Å². The summed E-state index contributed by atoms with van der Waals surface area (Å²) in [4.78, 5) is 14.8. The van der Waals surface area contributed by atoms with E-state index in [0.29, 0.717) is 10.7 Å². The van der Waals surface area contributed by atoms with E-state index < -0.39 is 5.97 Å². The van der Waals surface area contributed by atoms with Gasteiger partial charge in [0.05, 0.1) is 7.11 Å². The van der Waals surface area contributed by atoms with E-state index in [9.17, 15) is 4.79 Å². The number of hydrogen-bond donors (Lipinski definition) is 0. The monoisotopic (exact) mass is 211 g/mol. The molecule has 1 heterocycles. The van der Waals surface area contributed by atoms with Gasteiger partial charge in [-0.05, 0) is 24.6 Å². The minimum Gasteiger partial charge on any atom is -0.466 e. The Hall–Kier alpha value is -1.35. The minimum absolute atomic E-state index is 0.371. The number of methoxy groups -OCH3 is 1. The number of rotatable bonds is 2. The van der Waals surface area contributed by atoms with Gasteiger partial charge < -0.3 is 4.74 Å². The molecule has 0 bridgehead atoms. The number of aryl methyl sites for hydroxylation is 1. The van der Waals surface area contributed by atoms with Crippen molar-refractivity contribution in [1.82, 2.24) is 4.98 Å². The van der Waals surface area contributed by atoms with Crippen LogP contribution < -0.4 is 0 Å². The van der Waals surface area contributed by atoms with Gasteiger partial charge in [0.15, 0.2) is 0 Å². The number of halogens is 1. The van der Waals surface area contributed by atoms with Crippen LogP contribution >= 0.6 is 11.6 Å². The smallest absolute Gasteiger partial charge is 0.330 e. The van der Waals surface area contributed by atoms with Crippen molar-refractivity contribution in [1.29, 1.82) is 0 Å². The zero-order valence-corrected chi connectivity index (χ0v) is 8.71. The number of ether oxygens (including phenoxy) is 1. The van der Waals surface area contributed by atoms with Crippen LogP contribution in [0.5, 0.6) is 0 Å². The highest BCUT2D eigenvalue weighted by Gasteiger charge is 1.99. The third-order valence-corrected chi connectivity index (χ3v) is 1.92. The summed E-state index contributed by atoms with van der Waals surface area (Å²) in [6, 6.07) is 1.84. The van der Waals surface area contributed by atoms with E-state index in [1.165, 1.54) is 13.2 Å². The quantitative estimate of drug-likeness (QED) is 0.428. The van der Waals surface area contributed by atoms with Gasteiger partial charge in [-0.1, -0.05) is 11.6 Å². The number of carbonyl (C=O) groups excluding carboxylic acids is 1. The zero-order chi connectivity index (χ0) is 10.6. The topological polar surface area (TPSA) is 39.2 Å². The number of aromatic nitrogens is 1. The lowest BCUT2D eigenvalue weighted by Crippen LogP contribution is -1.93. The first-order valence-corrected chi connectivity index (χ1v) is 4.39. The molecule has 1 aromatic heterocycles. The number of carbonyl (C=O) groups is 1. The van der Waals surface area contributed by atoms with Crippen LogP contribution in [0.25, 0.3) is 6.08 Å². The lowest BCUT2D eigenvalue weighted by molar-refractivity contribution is -0.134. The summed E-state index contributed by atoms with van der Waals surface area (Å²) in [7, 11) is 1.32. The predicted molar refractivity (Wildman–Crippen MR) is 55.0 cm³/mol. The standard InChI is InChI=1S/C10H10ClNO2/c1-7-5-8(10(11)12-6-7)3-4-9(13)14-2/h3-6H,1-2H3/b4-3+. The van der Waals surface area contributed by atoms with Crippen LogP contribution in [0, 0.1) is 6.92 Å². The SMILES string of the molecule is COC(=O)/C=C/c1cc(C)cnc1Cl. The first kappa shape index (κ1) is 10.7. The van der Waals surface area contributed by atoms with E-state index in [-0.39, 0.29) is 0 Å². The number of hydrogen-bond acceptors (Lipinski definition) is 3. The van der Waals surface area contributed by atoms with E-state index in [1.54, 1.807) is 12.3 Å². The number of esters is 1. The van der Waals surface area contributed by atoms with Gasteiger partial charge >= 0.3 is 5.97 Å². The van der Waals surface area contributed by atoms with Gasteiger partial charge in [-0.2, -0.15) is 0 Å². The predicted octanol–water partition coefficient (Wildman–Crippen LogP) is 2.23. The highest BCUT2D eigenvalue weighted by molar-refractivity contribution is 6.30. The van der Waals surface area contributed by atoms with Crippen molar-refractivity contribution < 1.29 is 9.53 Å². The van der Waals surface area contributed by atoms with Crippen molar-refractivity contribution >= 4 is 23.6 Å². The van der Waals surface area contributed by atoms with E-state index in [0.717, 1.165) is 5.56 Å². The van der Waals surface area contributed by atoms with Gasteiger partial charge in [-0.15, -0.1) is 0 Å². The van der Waals surface area contributed by atoms with Crippen molar-refractivity contribution in [3.63, 3.8) is 0 Å². The minimum atomic E-state index is -0.414. The molecule has 1 aromatic rings. The third-order valence-electron chi connectivity index (χ3n) is 1.60. The second-order valence-electron chi connectivity index (χ2n) is 2.75. The van der Waals surface area contributed by atoms with Crippen molar-refractivity contribution in [3.05, 3.63) is 34.6 Å². The Morgan fingerprint density at radius 3 is 3.00 bits per heavy atom. The molecular weight excluding hydrogens is 202 g/mol. The van der Waals surface area contributed by atoms with Gasteiger partial charge in [0.1, 0.15) is 5.15 Å². The highest BCUT2D eigenvalue weighted by Crippen LogP contribution is 2.15. The zero-order valence-electron chi connectivity index (χ0n) is 7.95. The summed E-state index contributed by atoms with van der Waals surface area (Å²) in [5.41, 5.74) is 1.69. The highest BCUT2D eigenvalue weighted by atomic mass is 35.5. The first-order chi connectivity index (χ1) is 6.63. The fourth-order valence-electron chi connectivity index (χ4n) is 0.918. The molecular formula is C10H10ClNO2. The molecule has 0 fully saturated rings. The molecule has 0 N–H and O–H groups in total. The second kappa shape index (κ2) is 4.77. The van der Waals surface area contributed by atoms with E-state index >= 15 is 0 Å². The lowest BCUT2D eigenvalue weighted by atomic mass is 10.2. The molecule has 0 aliphatic heterocycles. The molecule has 1 rings (SSSR count). The van der Waals surface area contributed by atoms with Crippen LogP contribution in [0.4, 0.5) is 0 Å². The first-order valence-electron chi connectivity index (χ1n) is 4.01. The number of nitrogens with zero attached hydrogens (tertiary/aromatic N) is 1. The molecule has 0 aliphatic carbocycles. The van der Waals surface area contributed by atoms with Gasteiger partial charge in [-0.3, -0.25) is 0 Å². The summed E-state index contributed by atoms with van der Waals surface area (Å²) in [6.45, 7) is 1.90. The van der Waals surface area contributed by atoms with Gasteiger partial charge in [0, 0.05) is 17.8 Å². The summed E-state index contributed by atoms with van der Waals surface area (Å²) in [6.07, 6.45) is 4.55. The van der Waals surface area contributed by atoms with Crippen molar-refractivity contribution in [2.45, 2.75) is 6.92 Å². The van der Waals surface area contributed by atoms with Crippen molar-refractivity contribution in [2.24, 2.45) is 0 Å². The molecule has 3 nitrogen and oxygen atoms in total. The fourth-order valence-corrected chi connectivity index (χ4v) is 1.08. The second-order valence-corrected chi connectivity index (χ2v) is 3.11. The van der Waals surface area contributed by atoms with Gasteiger partial charge in [0.2, 0.25) is 0 Å². The van der Waals surface area contributed by atoms with E-state index in [1.807, 2.05) is 13.0 Å². The molecule has 74 valence electrons. The Labute approximate surface area is 87.4 Å². The fraction of sp³-hybridized carbons (Fsp3) is 0.200. The van der Waals surface area contributed by atoms with Crippen LogP contribution in [0.1, 0.15) is 11.1 Å². The molecule has 0 unspecified atom stereocenters. The molecule has 0 aromatic carbocycles. The average Bonchev–Trinajstić information content (AvgIpc) is 2.19. The Morgan fingerprint density at radius 2 is 2.36 bits per heavy atom. The Bertz CT molecular complexity index is 374. The summed E-state index contributed by atoms with van der Waals surface area (Å²) in [5.74, 6) is -0.414. The van der Waals surface area contributed by atoms with Gasteiger partial charge in [-0.25, -0.2) is 9.78 Å². The molecule has 0 aliphatic rings. The number of pyridine rings is 1. The average molecular weight is 212 g/mol. The molecule has 0 saturated carbocycles. The lowest BCUT2D eigenvalue weighted by Gasteiger charge is -1.98. The van der Waals surface area contributed by atoms with Gasteiger partial charge in [0.25, 0.3) is 0 Å². The molecule has 4 heteroatoms. The summed E-state index contributed by atoms with van der Waals surface area (Å²) in [5, 5.41) is 0.371. The van der Waals surface area contributed by atoms with Crippen molar-refractivity contribution in [3.8, 4) is 0 Å². The molecule has 0 amide bonds. The maximum absolute atomic E-state index is 10.8. The van der Waals surface area contributed by atoms with Crippen molar-refractivity contribution in [2.75, 3.05) is 7.11 Å². The van der Waals surface area contributed by atoms with Crippen LogP contribution in [-0.4, -0.2) is 18.1 Å². The third kappa shape index (κ3) is 2.85. The van der Waals surface area contributed by atoms with E-state index in [4.69, 9.17) is 11.6 Å². The Balaban J connectivity index is 2.90.